The molecule has 0 spiro atoms. The van der Waals surface area contributed by atoms with Crippen molar-refractivity contribution >= 4 is 51.7 Å². The summed E-state index contributed by atoms with van der Waals surface area (Å²) in [6.07, 6.45) is 0. The van der Waals surface area contributed by atoms with E-state index in [9.17, 15) is 14.4 Å². The fourth-order valence-corrected chi connectivity index (χ4v) is 4.53. The van der Waals surface area contributed by atoms with Gasteiger partial charge in [-0.15, -0.1) is 0 Å². The Morgan fingerprint density at radius 2 is 1.79 bits per heavy atom. The molecule has 0 radical (unpaired) electrons. The monoisotopic (exact) mass is 478 g/mol. The van der Waals surface area contributed by atoms with Gasteiger partial charge in [0.2, 0.25) is 0 Å². The lowest BCUT2D eigenvalue weighted by atomic mass is 10.1. The molecule has 6 nitrogen and oxygen atoms in total. The first-order chi connectivity index (χ1) is 15.8. The molecule has 0 aliphatic carbocycles. The standard InChI is InChI=1S/C25H19ClN2O4S/c1-14-11-15(2)27-24(22(14)23(30)28-18-9-7-17(26)8-10-18)33-13-20(29)19-12-16-5-3-4-6-21(16)32-25(19)31/h3-12H,13H2,1-2H3,(H,28,30). The summed E-state index contributed by atoms with van der Waals surface area (Å²) >= 11 is 7.02. The number of nitrogens with one attached hydrogen (secondary N) is 1. The van der Waals surface area contributed by atoms with E-state index in [2.05, 4.69) is 10.3 Å². The van der Waals surface area contributed by atoms with Crippen molar-refractivity contribution in [1.29, 1.82) is 0 Å². The molecule has 4 rings (SSSR count). The van der Waals surface area contributed by atoms with Crippen molar-refractivity contribution in [2.75, 3.05) is 11.1 Å². The number of ketones is 1. The molecule has 0 saturated carbocycles. The number of Topliss-reactive ketones (excluding diaryl/α,β-unsaturated/α-hetero) is 1. The zero-order chi connectivity index (χ0) is 23.5. The molecule has 0 aliphatic rings. The molecule has 2 heterocycles. The number of hydrogen-bond donors (Lipinski definition) is 1. The van der Waals surface area contributed by atoms with Crippen LogP contribution in [0.3, 0.4) is 0 Å². The largest absolute Gasteiger partial charge is 0.422 e. The van der Waals surface area contributed by atoms with Crippen LogP contribution in [0.2, 0.25) is 5.02 Å². The molecular formula is C25H19ClN2O4S. The molecule has 2 aromatic carbocycles. The number of benzene rings is 2. The molecule has 2 aromatic heterocycles. The van der Waals surface area contributed by atoms with Crippen LogP contribution in [-0.4, -0.2) is 22.4 Å². The van der Waals surface area contributed by atoms with Gasteiger partial charge in [0, 0.05) is 21.8 Å². The first kappa shape index (κ1) is 22.8. The quantitative estimate of drug-likeness (QED) is 0.218. The van der Waals surface area contributed by atoms with Gasteiger partial charge in [0.05, 0.1) is 11.3 Å². The number of halogens is 1. The third-order valence-electron chi connectivity index (χ3n) is 4.92. The number of para-hydroxylation sites is 1. The Balaban J connectivity index is 1.58. The lowest BCUT2D eigenvalue weighted by Crippen LogP contribution is -2.18. The topological polar surface area (TPSA) is 89.3 Å². The first-order valence-electron chi connectivity index (χ1n) is 10.1. The van der Waals surface area contributed by atoms with Gasteiger partial charge in [-0.2, -0.15) is 0 Å². The number of aromatic nitrogens is 1. The minimum Gasteiger partial charge on any atom is -0.422 e. The fourth-order valence-electron chi connectivity index (χ4n) is 3.38. The SMILES string of the molecule is Cc1cc(C)c(C(=O)Nc2ccc(Cl)cc2)c(SCC(=O)c2cc3ccccc3oc2=O)n1. The smallest absolute Gasteiger partial charge is 0.347 e. The van der Waals surface area contributed by atoms with Crippen molar-refractivity contribution in [3.63, 3.8) is 0 Å². The maximum absolute atomic E-state index is 13.0. The van der Waals surface area contributed by atoms with Gasteiger partial charge in [0.1, 0.15) is 16.2 Å². The van der Waals surface area contributed by atoms with Gasteiger partial charge in [0.25, 0.3) is 5.91 Å². The molecule has 1 amide bonds. The highest BCUT2D eigenvalue weighted by molar-refractivity contribution is 8.00. The van der Waals surface area contributed by atoms with E-state index in [4.69, 9.17) is 16.0 Å². The number of fused-ring (bicyclic) bond motifs is 1. The number of aryl methyl sites for hydroxylation is 2. The summed E-state index contributed by atoms with van der Waals surface area (Å²) in [6, 6.07) is 17.1. The molecule has 166 valence electrons. The predicted molar refractivity (Wildman–Crippen MR) is 131 cm³/mol. The van der Waals surface area contributed by atoms with Gasteiger partial charge in [-0.05, 0) is 61.9 Å². The highest BCUT2D eigenvalue weighted by atomic mass is 35.5. The molecule has 4 aromatic rings. The number of rotatable bonds is 6. The van der Waals surface area contributed by atoms with E-state index >= 15 is 0 Å². The van der Waals surface area contributed by atoms with E-state index in [1.165, 1.54) is 6.07 Å². The molecule has 0 bridgehead atoms. The van der Waals surface area contributed by atoms with Crippen molar-refractivity contribution in [3.8, 4) is 0 Å². The predicted octanol–water partition coefficient (Wildman–Crippen LogP) is 5.69. The Morgan fingerprint density at radius 3 is 2.55 bits per heavy atom. The first-order valence-corrected chi connectivity index (χ1v) is 11.4. The third kappa shape index (κ3) is 5.16. The summed E-state index contributed by atoms with van der Waals surface area (Å²) in [5, 5.41) is 4.48. The van der Waals surface area contributed by atoms with Gasteiger partial charge >= 0.3 is 5.63 Å². The normalized spacial score (nSPS) is 10.9. The third-order valence-corrected chi connectivity index (χ3v) is 6.15. The molecule has 33 heavy (non-hydrogen) atoms. The lowest BCUT2D eigenvalue weighted by molar-refractivity contribution is 0.101. The van der Waals surface area contributed by atoms with Crippen LogP contribution in [-0.2, 0) is 0 Å². The highest BCUT2D eigenvalue weighted by Crippen LogP contribution is 2.26. The number of anilines is 1. The number of pyridine rings is 1. The number of carbonyl (C=O) groups is 2. The zero-order valence-electron chi connectivity index (χ0n) is 17.8. The van der Waals surface area contributed by atoms with E-state index < -0.39 is 11.4 Å². The summed E-state index contributed by atoms with van der Waals surface area (Å²) in [7, 11) is 0. The van der Waals surface area contributed by atoms with Crippen LogP contribution in [0, 0.1) is 13.8 Å². The van der Waals surface area contributed by atoms with Crippen molar-refractivity contribution in [2.24, 2.45) is 0 Å². The summed E-state index contributed by atoms with van der Waals surface area (Å²) in [5.74, 6) is -0.813. The minimum absolute atomic E-state index is 0.0299. The van der Waals surface area contributed by atoms with Crippen LogP contribution >= 0.6 is 23.4 Å². The maximum Gasteiger partial charge on any atom is 0.347 e. The molecule has 0 aliphatic heterocycles. The summed E-state index contributed by atoms with van der Waals surface area (Å²) in [5.41, 5.74) is 2.11. The van der Waals surface area contributed by atoms with Crippen molar-refractivity contribution in [2.45, 2.75) is 18.9 Å². The zero-order valence-corrected chi connectivity index (χ0v) is 19.4. The molecule has 8 heteroatoms. The van der Waals surface area contributed by atoms with E-state index in [0.29, 0.717) is 32.3 Å². The van der Waals surface area contributed by atoms with E-state index in [1.54, 1.807) is 54.6 Å². The van der Waals surface area contributed by atoms with Crippen LogP contribution < -0.4 is 10.9 Å². The van der Waals surface area contributed by atoms with Crippen LogP contribution in [0.25, 0.3) is 11.0 Å². The minimum atomic E-state index is -0.687. The van der Waals surface area contributed by atoms with Crippen LogP contribution in [0.15, 0.2) is 74.9 Å². The highest BCUT2D eigenvalue weighted by Gasteiger charge is 2.20. The summed E-state index contributed by atoms with van der Waals surface area (Å²) < 4.78 is 5.27. The summed E-state index contributed by atoms with van der Waals surface area (Å²) in [6.45, 7) is 3.63. The van der Waals surface area contributed by atoms with Gasteiger partial charge in [0.15, 0.2) is 5.78 Å². The number of hydrogen-bond acceptors (Lipinski definition) is 6. The van der Waals surface area contributed by atoms with Crippen LogP contribution in [0.5, 0.6) is 0 Å². The Kier molecular flexibility index (Phi) is 6.62. The Bertz CT molecular complexity index is 1430. The van der Waals surface area contributed by atoms with E-state index in [-0.39, 0.29) is 17.2 Å². The molecule has 0 saturated heterocycles. The lowest BCUT2D eigenvalue weighted by Gasteiger charge is -2.13. The second-order valence-corrected chi connectivity index (χ2v) is 8.82. The van der Waals surface area contributed by atoms with Crippen molar-refractivity contribution in [1.82, 2.24) is 4.98 Å². The second-order valence-electron chi connectivity index (χ2n) is 7.42. The summed E-state index contributed by atoms with van der Waals surface area (Å²) in [4.78, 5) is 42.6. The molecule has 0 unspecified atom stereocenters. The molecule has 0 atom stereocenters. The number of amides is 1. The molecular weight excluding hydrogens is 460 g/mol. The van der Waals surface area contributed by atoms with Crippen molar-refractivity contribution in [3.05, 3.63) is 98.5 Å². The molecule has 0 fully saturated rings. The molecule has 1 N–H and O–H groups in total. The Morgan fingerprint density at radius 1 is 1.06 bits per heavy atom. The number of thioether (sulfide) groups is 1. The number of carbonyl (C=O) groups excluding carboxylic acids is 2. The van der Waals surface area contributed by atoms with Crippen molar-refractivity contribution < 1.29 is 14.0 Å². The average molecular weight is 479 g/mol. The van der Waals surface area contributed by atoms with E-state index in [1.807, 2.05) is 13.8 Å². The van der Waals surface area contributed by atoms with Gasteiger partial charge < -0.3 is 9.73 Å². The van der Waals surface area contributed by atoms with Gasteiger partial charge in [-0.25, -0.2) is 9.78 Å². The Labute approximate surface area is 199 Å². The fraction of sp³-hybridized carbons (Fsp3) is 0.120. The Hall–Kier alpha value is -3.42. The van der Waals surface area contributed by atoms with Crippen LogP contribution in [0.1, 0.15) is 32.0 Å². The average Bonchev–Trinajstić information content (AvgIpc) is 2.78. The number of nitrogens with zero attached hydrogens (tertiary/aromatic N) is 1. The maximum atomic E-state index is 13.0. The second kappa shape index (κ2) is 9.60. The van der Waals surface area contributed by atoms with E-state index in [0.717, 1.165) is 23.0 Å². The van der Waals surface area contributed by atoms with Crippen LogP contribution in [0.4, 0.5) is 5.69 Å². The van der Waals surface area contributed by atoms with Gasteiger partial charge in [-0.1, -0.05) is 41.6 Å². The van der Waals surface area contributed by atoms with Gasteiger partial charge in [-0.3, -0.25) is 9.59 Å².